The van der Waals surface area contributed by atoms with Gasteiger partial charge >= 0.3 is 12.1 Å². The number of hydrogen-bond acceptors (Lipinski definition) is 4. The molecular formula is C30H28F4N4O3. The summed E-state index contributed by atoms with van der Waals surface area (Å²) in [4.78, 5) is 31.4. The first kappa shape index (κ1) is 28.1. The maximum atomic E-state index is 13.4. The van der Waals surface area contributed by atoms with Crippen molar-refractivity contribution >= 4 is 28.9 Å². The minimum atomic E-state index is -5.08. The number of alkyl halides is 3. The summed E-state index contributed by atoms with van der Waals surface area (Å²) in [5.74, 6) is -1.74. The van der Waals surface area contributed by atoms with E-state index >= 15 is 0 Å². The zero-order chi connectivity index (χ0) is 29.1. The molecule has 0 atom stereocenters. The van der Waals surface area contributed by atoms with Crippen molar-refractivity contribution in [2.24, 2.45) is 5.92 Å². The van der Waals surface area contributed by atoms with Gasteiger partial charge in [-0.05, 0) is 53.8 Å². The van der Waals surface area contributed by atoms with Crippen LogP contribution in [0.1, 0.15) is 29.5 Å². The van der Waals surface area contributed by atoms with Crippen molar-refractivity contribution in [2.75, 3.05) is 18.0 Å². The molecular weight excluding hydrogens is 540 g/mol. The fourth-order valence-electron chi connectivity index (χ4n) is 5.31. The molecule has 0 radical (unpaired) electrons. The van der Waals surface area contributed by atoms with Gasteiger partial charge in [-0.2, -0.15) is 13.2 Å². The lowest BCUT2D eigenvalue weighted by Crippen LogP contribution is -2.41. The molecule has 6 rings (SSSR count). The van der Waals surface area contributed by atoms with E-state index in [1.54, 1.807) is 0 Å². The number of aliphatic carboxylic acids is 1. The summed E-state index contributed by atoms with van der Waals surface area (Å²) in [5, 5.41) is 7.12. The highest BCUT2D eigenvalue weighted by atomic mass is 19.4. The van der Waals surface area contributed by atoms with Gasteiger partial charge in [-0.25, -0.2) is 14.2 Å². The van der Waals surface area contributed by atoms with E-state index in [0.717, 1.165) is 61.6 Å². The molecule has 2 aliphatic rings. The van der Waals surface area contributed by atoms with Crippen molar-refractivity contribution in [1.82, 2.24) is 14.5 Å². The van der Waals surface area contributed by atoms with Crippen molar-refractivity contribution in [3.05, 3.63) is 95.3 Å². The van der Waals surface area contributed by atoms with Gasteiger partial charge in [0.05, 0.1) is 17.6 Å². The minimum absolute atomic E-state index is 0.0560. The number of amides is 1. The van der Waals surface area contributed by atoms with Crippen LogP contribution in [-0.2, 0) is 29.2 Å². The highest BCUT2D eigenvalue weighted by Crippen LogP contribution is 2.31. The lowest BCUT2D eigenvalue weighted by atomic mass is 9.95. The number of carboxylic acid groups (broad SMARTS) is 1. The van der Waals surface area contributed by atoms with Crippen molar-refractivity contribution in [1.29, 1.82) is 0 Å². The average molecular weight is 569 g/mol. The SMILES string of the molecule is O=C(C1CCN(c2nc3ccccc3n2Cc2ccc(F)cc2)CC1)N1Cc2ccccc2C1.O=C(O)C(F)(F)F. The van der Waals surface area contributed by atoms with Gasteiger partial charge < -0.3 is 19.5 Å². The summed E-state index contributed by atoms with van der Waals surface area (Å²) in [6, 6.07) is 23.1. The number of benzene rings is 3. The molecule has 0 saturated carbocycles. The number of anilines is 1. The topological polar surface area (TPSA) is 78.7 Å². The molecule has 11 heteroatoms. The predicted octanol–water partition coefficient (Wildman–Crippen LogP) is 5.62. The Balaban J connectivity index is 0.000000431. The number of hydrogen-bond donors (Lipinski definition) is 1. The van der Waals surface area contributed by atoms with E-state index in [0.29, 0.717) is 6.54 Å². The zero-order valence-electron chi connectivity index (χ0n) is 22.0. The second kappa shape index (κ2) is 11.6. The molecule has 3 aromatic carbocycles. The van der Waals surface area contributed by atoms with Crippen LogP contribution in [0.5, 0.6) is 0 Å². The number of carboxylic acids is 1. The molecule has 0 spiro atoms. The second-order valence-corrected chi connectivity index (χ2v) is 10.1. The van der Waals surface area contributed by atoms with E-state index < -0.39 is 12.1 Å². The van der Waals surface area contributed by atoms with Crippen LogP contribution in [-0.4, -0.2) is 50.7 Å². The van der Waals surface area contributed by atoms with Crippen molar-refractivity contribution in [3.8, 4) is 0 Å². The summed E-state index contributed by atoms with van der Waals surface area (Å²) in [6.07, 6.45) is -3.43. The number of para-hydroxylation sites is 2. The van der Waals surface area contributed by atoms with E-state index in [1.807, 2.05) is 47.4 Å². The molecule has 0 unspecified atom stereocenters. The Morgan fingerprint density at radius 2 is 1.44 bits per heavy atom. The lowest BCUT2D eigenvalue weighted by molar-refractivity contribution is -0.192. The quantitative estimate of drug-likeness (QED) is 0.324. The first-order valence-corrected chi connectivity index (χ1v) is 13.2. The third-order valence-electron chi connectivity index (χ3n) is 7.41. The standard InChI is InChI=1S/C28H27FN4O.C2HF3O2/c29-24-11-9-20(10-12-24)17-33-26-8-4-3-7-25(26)30-28(33)31-15-13-21(14-16-31)27(34)32-18-22-5-1-2-6-23(22)19-32;3-2(4,5)1(6)7/h1-12,21H,13-19H2;(H,6,7). The summed E-state index contributed by atoms with van der Waals surface area (Å²) in [6.45, 7) is 3.67. The molecule has 1 aromatic heterocycles. The van der Waals surface area contributed by atoms with E-state index in [9.17, 15) is 22.4 Å². The smallest absolute Gasteiger partial charge is 0.475 e. The normalized spacial score (nSPS) is 15.4. The highest BCUT2D eigenvalue weighted by Gasteiger charge is 2.38. The van der Waals surface area contributed by atoms with Gasteiger partial charge in [0.25, 0.3) is 0 Å². The Bertz CT molecular complexity index is 1520. The number of fused-ring (bicyclic) bond motifs is 2. The first-order chi connectivity index (χ1) is 19.6. The van der Waals surface area contributed by atoms with E-state index in [1.165, 1.54) is 23.3 Å². The average Bonchev–Trinajstić information content (AvgIpc) is 3.56. The number of carbonyl (C=O) groups is 2. The Morgan fingerprint density at radius 1 is 0.878 bits per heavy atom. The number of imidazole rings is 1. The van der Waals surface area contributed by atoms with Gasteiger partial charge in [-0.15, -0.1) is 0 Å². The number of halogens is 4. The van der Waals surface area contributed by atoms with Crippen LogP contribution in [0.25, 0.3) is 11.0 Å². The van der Waals surface area contributed by atoms with Crippen LogP contribution in [0.15, 0.2) is 72.8 Å². The number of piperidine rings is 1. The van der Waals surface area contributed by atoms with Crippen LogP contribution < -0.4 is 4.90 Å². The molecule has 214 valence electrons. The molecule has 1 saturated heterocycles. The lowest BCUT2D eigenvalue weighted by Gasteiger charge is -2.34. The second-order valence-electron chi connectivity index (χ2n) is 10.1. The maximum absolute atomic E-state index is 13.4. The Labute approximate surface area is 233 Å². The highest BCUT2D eigenvalue weighted by molar-refractivity contribution is 5.81. The Hall–Kier alpha value is -4.41. The van der Waals surface area contributed by atoms with Crippen LogP contribution >= 0.6 is 0 Å². The molecule has 3 heterocycles. The van der Waals surface area contributed by atoms with Gasteiger partial charge in [-0.3, -0.25) is 4.79 Å². The number of carbonyl (C=O) groups excluding carboxylic acids is 1. The fraction of sp³-hybridized carbons (Fsp3) is 0.300. The van der Waals surface area contributed by atoms with Crippen molar-refractivity contribution in [2.45, 2.75) is 38.7 Å². The predicted molar refractivity (Wildman–Crippen MR) is 145 cm³/mol. The molecule has 7 nitrogen and oxygen atoms in total. The van der Waals surface area contributed by atoms with Gasteiger partial charge in [0, 0.05) is 32.1 Å². The maximum Gasteiger partial charge on any atom is 0.490 e. The third kappa shape index (κ3) is 6.34. The third-order valence-corrected chi connectivity index (χ3v) is 7.41. The van der Waals surface area contributed by atoms with Crippen LogP contribution in [0, 0.1) is 11.7 Å². The molecule has 1 N–H and O–H groups in total. The van der Waals surface area contributed by atoms with Gasteiger partial charge in [-0.1, -0.05) is 48.5 Å². The zero-order valence-corrected chi connectivity index (χ0v) is 22.0. The van der Waals surface area contributed by atoms with Crippen LogP contribution in [0.3, 0.4) is 0 Å². The van der Waals surface area contributed by atoms with E-state index in [4.69, 9.17) is 14.9 Å². The molecule has 0 bridgehead atoms. The number of rotatable bonds is 4. The number of nitrogens with zero attached hydrogens (tertiary/aromatic N) is 4. The minimum Gasteiger partial charge on any atom is -0.475 e. The van der Waals surface area contributed by atoms with Crippen molar-refractivity contribution in [3.63, 3.8) is 0 Å². The van der Waals surface area contributed by atoms with Gasteiger partial charge in [0.2, 0.25) is 11.9 Å². The molecule has 0 aliphatic carbocycles. The Morgan fingerprint density at radius 3 is 2.02 bits per heavy atom. The van der Waals surface area contributed by atoms with Crippen LogP contribution in [0.4, 0.5) is 23.5 Å². The summed E-state index contributed by atoms with van der Waals surface area (Å²) < 4.78 is 47.4. The monoisotopic (exact) mass is 568 g/mol. The fourth-order valence-corrected chi connectivity index (χ4v) is 5.31. The van der Waals surface area contributed by atoms with Gasteiger partial charge in [0.1, 0.15) is 5.82 Å². The molecule has 4 aromatic rings. The van der Waals surface area contributed by atoms with E-state index in [2.05, 4.69) is 27.7 Å². The summed E-state index contributed by atoms with van der Waals surface area (Å²) >= 11 is 0. The molecule has 1 fully saturated rings. The summed E-state index contributed by atoms with van der Waals surface area (Å²) in [7, 11) is 0. The molecule has 1 amide bonds. The summed E-state index contributed by atoms with van der Waals surface area (Å²) in [5.41, 5.74) is 5.58. The number of aromatic nitrogens is 2. The van der Waals surface area contributed by atoms with Gasteiger partial charge in [0.15, 0.2) is 0 Å². The molecule has 2 aliphatic heterocycles. The van der Waals surface area contributed by atoms with Crippen LogP contribution in [0.2, 0.25) is 0 Å². The largest absolute Gasteiger partial charge is 0.490 e. The first-order valence-electron chi connectivity index (χ1n) is 13.2. The van der Waals surface area contributed by atoms with Crippen molar-refractivity contribution < 1.29 is 32.3 Å². The van der Waals surface area contributed by atoms with E-state index in [-0.39, 0.29) is 17.6 Å². The Kier molecular flexibility index (Phi) is 7.96. The molecule has 41 heavy (non-hydrogen) atoms.